The smallest absolute Gasteiger partial charge is 0.328 e. The van der Waals surface area contributed by atoms with Crippen molar-refractivity contribution in [2.24, 2.45) is 0 Å². The minimum atomic E-state index is -0.349. The normalized spacial score (nSPS) is 17.4. The molecule has 1 aliphatic rings. The van der Waals surface area contributed by atoms with Gasteiger partial charge in [-0.2, -0.15) is 0 Å². The van der Waals surface area contributed by atoms with Crippen LogP contribution in [0.2, 0.25) is 0 Å². The van der Waals surface area contributed by atoms with Crippen molar-refractivity contribution in [2.75, 3.05) is 39.9 Å². The van der Waals surface area contributed by atoms with Crippen molar-refractivity contribution in [3.63, 3.8) is 0 Å². The monoisotopic (exact) mass is 292 g/mol. The van der Waals surface area contributed by atoms with Gasteiger partial charge < -0.3 is 14.8 Å². The van der Waals surface area contributed by atoms with E-state index < -0.39 is 0 Å². The average molecular weight is 292 g/mol. The number of benzene rings is 1. The van der Waals surface area contributed by atoms with Crippen molar-refractivity contribution in [2.45, 2.75) is 19.6 Å². The van der Waals surface area contributed by atoms with Gasteiger partial charge in [-0.1, -0.05) is 24.3 Å². The number of rotatable bonds is 6. The zero-order valence-corrected chi connectivity index (χ0v) is 12.8. The van der Waals surface area contributed by atoms with Crippen molar-refractivity contribution in [1.29, 1.82) is 0 Å². The first-order valence-corrected chi connectivity index (χ1v) is 7.46. The molecule has 1 aromatic rings. The van der Waals surface area contributed by atoms with Crippen LogP contribution in [0, 0.1) is 0 Å². The topological polar surface area (TPSA) is 50.8 Å². The molecule has 1 N–H and O–H groups in total. The zero-order valence-electron chi connectivity index (χ0n) is 12.8. The van der Waals surface area contributed by atoms with Crippen LogP contribution in [0.3, 0.4) is 0 Å². The van der Waals surface area contributed by atoms with Crippen molar-refractivity contribution < 1.29 is 14.3 Å². The van der Waals surface area contributed by atoms with Crippen LogP contribution in [0.4, 0.5) is 0 Å². The number of ether oxygens (including phenoxy) is 2. The van der Waals surface area contributed by atoms with Crippen LogP contribution in [0.25, 0.3) is 0 Å². The maximum absolute atomic E-state index is 12.5. The molecule has 1 aromatic carbocycles. The van der Waals surface area contributed by atoms with Crippen LogP contribution in [0.5, 0.6) is 0 Å². The lowest BCUT2D eigenvalue weighted by molar-refractivity contribution is -0.150. The molecule has 0 aliphatic carbocycles. The first kappa shape index (κ1) is 15.9. The lowest BCUT2D eigenvalue weighted by Crippen LogP contribution is -2.47. The van der Waals surface area contributed by atoms with Crippen molar-refractivity contribution >= 4 is 5.97 Å². The fourth-order valence-corrected chi connectivity index (χ4v) is 2.72. The van der Waals surface area contributed by atoms with E-state index in [2.05, 4.69) is 10.2 Å². The molecule has 5 nitrogen and oxygen atoms in total. The van der Waals surface area contributed by atoms with Gasteiger partial charge in [-0.3, -0.25) is 4.90 Å². The van der Waals surface area contributed by atoms with E-state index in [0.29, 0.717) is 13.2 Å². The van der Waals surface area contributed by atoms with Gasteiger partial charge in [-0.25, -0.2) is 4.79 Å². The molecule has 2 rings (SSSR count). The Bertz CT molecular complexity index is 459. The molecule has 116 valence electrons. The van der Waals surface area contributed by atoms with Crippen molar-refractivity contribution in [1.82, 2.24) is 10.2 Å². The highest BCUT2D eigenvalue weighted by atomic mass is 16.5. The summed E-state index contributed by atoms with van der Waals surface area (Å²) in [5, 5.41) is 3.31. The highest BCUT2D eigenvalue weighted by Crippen LogP contribution is 2.26. The van der Waals surface area contributed by atoms with Gasteiger partial charge in [0.25, 0.3) is 0 Å². The molecular formula is C16H24N2O3. The average Bonchev–Trinajstić information content (AvgIpc) is 2.51. The number of esters is 1. The molecule has 0 aromatic heterocycles. The molecule has 0 saturated carbocycles. The number of methoxy groups -OCH3 is 1. The van der Waals surface area contributed by atoms with E-state index in [-0.39, 0.29) is 12.0 Å². The molecule has 1 fully saturated rings. The third-order valence-electron chi connectivity index (χ3n) is 3.68. The Labute approximate surface area is 126 Å². The van der Waals surface area contributed by atoms with Crippen LogP contribution in [0.15, 0.2) is 24.3 Å². The summed E-state index contributed by atoms with van der Waals surface area (Å²) < 4.78 is 10.6. The van der Waals surface area contributed by atoms with Crippen LogP contribution in [-0.2, 0) is 20.9 Å². The molecule has 1 aliphatic heterocycles. The Morgan fingerprint density at radius 3 is 2.71 bits per heavy atom. The number of hydrogen-bond acceptors (Lipinski definition) is 5. The van der Waals surface area contributed by atoms with Gasteiger partial charge in [0.15, 0.2) is 0 Å². The van der Waals surface area contributed by atoms with E-state index in [9.17, 15) is 4.79 Å². The largest absolute Gasteiger partial charge is 0.465 e. The number of piperazine rings is 1. The van der Waals surface area contributed by atoms with Gasteiger partial charge in [0.1, 0.15) is 6.04 Å². The first-order chi connectivity index (χ1) is 10.3. The maximum Gasteiger partial charge on any atom is 0.328 e. The van der Waals surface area contributed by atoms with Crippen molar-refractivity contribution in [3.05, 3.63) is 35.4 Å². The second-order valence-corrected chi connectivity index (χ2v) is 5.07. The van der Waals surface area contributed by atoms with E-state index in [1.165, 1.54) is 0 Å². The third-order valence-corrected chi connectivity index (χ3v) is 3.68. The molecule has 0 radical (unpaired) electrons. The summed E-state index contributed by atoms with van der Waals surface area (Å²) in [5.74, 6) is -0.178. The van der Waals surface area contributed by atoms with Gasteiger partial charge in [-0.15, -0.1) is 0 Å². The maximum atomic E-state index is 12.5. The molecule has 1 unspecified atom stereocenters. The molecule has 0 bridgehead atoms. The summed E-state index contributed by atoms with van der Waals surface area (Å²) in [6.07, 6.45) is 0. The Morgan fingerprint density at radius 2 is 2.05 bits per heavy atom. The number of hydrogen-bond donors (Lipinski definition) is 1. The predicted octanol–water partition coefficient (Wildman–Crippen LogP) is 1.34. The van der Waals surface area contributed by atoms with Gasteiger partial charge in [0.05, 0.1) is 13.2 Å². The predicted molar refractivity (Wildman–Crippen MR) is 81.0 cm³/mol. The molecule has 1 saturated heterocycles. The summed E-state index contributed by atoms with van der Waals surface area (Å²) in [6.45, 7) is 6.19. The van der Waals surface area contributed by atoms with E-state index >= 15 is 0 Å². The number of nitrogens with zero attached hydrogens (tertiary/aromatic N) is 1. The van der Waals surface area contributed by atoms with Gasteiger partial charge in [0, 0.05) is 33.3 Å². The number of carbonyl (C=O) groups excluding carboxylic acids is 1. The summed E-state index contributed by atoms with van der Waals surface area (Å²) in [5.41, 5.74) is 2.02. The Balaban J connectivity index is 2.31. The Morgan fingerprint density at radius 1 is 1.33 bits per heavy atom. The van der Waals surface area contributed by atoms with E-state index in [0.717, 1.165) is 37.3 Å². The fraction of sp³-hybridized carbons (Fsp3) is 0.562. The molecule has 1 heterocycles. The van der Waals surface area contributed by atoms with Crippen LogP contribution in [-0.4, -0.2) is 50.8 Å². The lowest BCUT2D eigenvalue weighted by Gasteiger charge is -2.34. The van der Waals surface area contributed by atoms with Gasteiger partial charge in [0.2, 0.25) is 0 Å². The van der Waals surface area contributed by atoms with Crippen molar-refractivity contribution in [3.8, 4) is 0 Å². The summed E-state index contributed by atoms with van der Waals surface area (Å²) in [7, 11) is 1.67. The summed E-state index contributed by atoms with van der Waals surface area (Å²) >= 11 is 0. The van der Waals surface area contributed by atoms with E-state index in [4.69, 9.17) is 9.47 Å². The summed E-state index contributed by atoms with van der Waals surface area (Å²) in [6, 6.07) is 7.59. The van der Waals surface area contributed by atoms with Crippen LogP contribution < -0.4 is 5.32 Å². The second kappa shape index (κ2) is 8.12. The first-order valence-electron chi connectivity index (χ1n) is 7.46. The number of carbonyl (C=O) groups is 1. The minimum Gasteiger partial charge on any atom is -0.465 e. The van der Waals surface area contributed by atoms with E-state index in [1.54, 1.807) is 7.11 Å². The molecule has 21 heavy (non-hydrogen) atoms. The molecular weight excluding hydrogens is 268 g/mol. The highest BCUT2D eigenvalue weighted by molar-refractivity contribution is 5.78. The lowest BCUT2D eigenvalue weighted by atomic mass is 9.98. The summed E-state index contributed by atoms with van der Waals surface area (Å²) in [4.78, 5) is 14.7. The van der Waals surface area contributed by atoms with E-state index in [1.807, 2.05) is 31.2 Å². The Hall–Kier alpha value is -1.43. The number of nitrogens with one attached hydrogen (secondary N) is 1. The zero-order chi connectivity index (χ0) is 15.1. The van der Waals surface area contributed by atoms with Crippen LogP contribution in [0.1, 0.15) is 24.1 Å². The fourth-order valence-electron chi connectivity index (χ4n) is 2.72. The third kappa shape index (κ3) is 4.03. The standard InChI is InChI=1S/C16H24N2O3/c1-3-21-16(19)15(18-10-8-17-9-11-18)14-7-5-4-6-13(14)12-20-2/h4-7,15,17H,3,8-12H2,1-2H3. The molecule has 0 spiro atoms. The van der Waals surface area contributed by atoms with Gasteiger partial charge in [-0.05, 0) is 18.1 Å². The highest BCUT2D eigenvalue weighted by Gasteiger charge is 2.31. The molecule has 0 amide bonds. The Kier molecular flexibility index (Phi) is 6.17. The molecule has 1 atom stereocenters. The van der Waals surface area contributed by atoms with Crippen LogP contribution >= 0.6 is 0 Å². The van der Waals surface area contributed by atoms with Gasteiger partial charge >= 0.3 is 5.97 Å². The minimum absolute atomic E-state index is 0.178. The quantitative estimate of drug-likeness (QED) is 0.802. The molecule has 5 heteroatoms. The SMILES string of the molecule is CCOC(=O)C(c1ccccc1COC)N1CCNCC1. The second-order valence-electron chi connectivity index (χ2n) is 5.07.